The first kappa shape index (κ1) is 15.5. The maximum atomic E-state index is 13.5. The Kier molecular flexibility index (Phi) is 3.85. The molecule has 0 aromatic carbocycles. The summed E-state index contributed by atoms with van der Waals surface area (Å²) in [6, 6.07) is 1.40. The van der Waals surface area contributed by atoms with Gasteiger partial charge in [0.05, 0.1) is 36.1 Å². The van der Waals surface area contributed by atoms with Gasteiger partial charge in [0.2, 0.25) is 0 Å². The summed E-state index contributed by atoms with van der Waals surface area (Å²) in [5.41, 5.74) is 2.69. The van der Waals surface area contributed by atoms with E-state index in [9.17, 15) is 8.78 Å². The van der Waals surface area contributed by atoms with Gasteiger partial charge in [-0.1, -0.05) is 0 Å². The summed E-state index contributed by atoms with van der Waals surface area (Å²) in [5, 5.41) is 17.9. The molecule has 3 rings (SSSR count). The van der Waals surface area contributed by atoms with Gasteiger partial charge in [0, 0.05) is 23.9 Å². The van der Waals surface area contributed by atoms with Crippen LogP contribution in [0.3, 0.4) is 0 Å². The molecule has 0 saturated heterocycles. The van der Waals surface area contributed by atoms with E-state index in [-0.39, 0.29) is 18.7 Å². The van der Waals surface area contributed by atoms with Gasteiger partial charge in [0.15, 0.2) is 5.65 Å². The second-order valence-electron chi connectivity index (χ2n) is 5.40. The Morgan fingerprint density at radius 2 is 2.04 bits per heavy atom. The van der Waals surface area contributed by atoms with E-state index in [1.165, 1.54) is 10.7 Å². The maximum absolute atomic E-state index is 13.5. The molecule has 6 nitrogen and oxygen atoms in total. The fourth-order valence-corrected chi connectivity index (χ4v) is 2.70. The highest BCUT2D eigenvalue weighted by Crippen LogP contribution is 2.33. The first-order chi connectivity index (χ1) is 10.9. The fourth-order valence-electron chi connectivity index (χ4n) is 2.70. The summed E-state index contributed by atoms with van der Waals surface area (Å²) in [6.07, 6.45) is -1.03. The summed E-state index contributed by atoms with van der Waals surface area (Å²) in [7, 11) is 1.78. The Hall–Kier alpha value is -2.35. The van der Waals surface area contributed by atoms with Crippen LogP contribution in [0.15, 0.2) is 12.3 Å². The highest BCUT2D eigenvalue weighted by atomic mass is 19.3. The van der Waals surface area contributed by atoms with E-state index in [1.807, 2.05) is 6.92 Å². The van der Waals surface area contributed by atoms with Crippen molar-refractivity contribution >= 4 is 11.0 Å². The normalized spacial score (nSPS) is 11.8. The van der Waals surface area contributed by atoms with Gasteiger partial charge in [-0.05, 0) is 19.9 Å². The predicted molar refractivity (Wildman–Crippen MR) is 81.2 cm³/mol. The Bertz CT molecular complexity index is 868. The van der Waals surface area contributed by atoms with Crippen LogP contribution in [0, 0.1) is 13.8 Å². The van der Waals surface area contributed by atoms with Crippen LogP contribution in [0.1, 0.15) is 23.4 Å². The fraction of sp³-hybridized carbons (Fsp3) is 0.400. The Balaban J connectivity index is 2.32. The van der Waals surface area contributed by atoms with Crippen LogP contribution < -0.4 is 0 Å². The number of aliphatic hydroxyl groups is 1. The second kappa shape index (κ2) is 5.69. The third-order valence-corrected chi connectivity index (χ3v) is 3.97. The van der Waals surface area contributed by atoms with E-state index in [2.05, 4.69) is 15.2 Å². The standard InChI is InChI=1S/C15H17F2N5O/c1-8-13-10(14(16)17)6-12(11-7-18-21(3)9(11)2)19-15(13)22(20-8)4-5-23/h6-7,14,23H,4-5H2,1-3H3. The van der Waals surface area contributed by atoms with Crippen molar-refractivity contribution in [2.45, 2.75) is 26.8 Å². The monoisotopic (exact) mass is 321 g/mol. The van der Waals surface area contributed by atoms with Crippen LogP contribution in [0.25, 0.3) is 22.3 Å². The largest absolute Gasteiger partial charge is 0.394 e. The van der Waals surface area contributed by atoms with Gasteiger partial charge in [-0.2, -0.15) is 10.2 Å². The third kappa shape index (κ3) is 2.48. The number of fused-ring (bicyclic) bond motifs is 1. The number of aryl methyl sites for hydroxylation is 2. The zero-order chi connectivity index (χ0) is 16.7. The quantitative estimate of drug-likeness (QED) is 0.801. The summed E-state index contributed by atoms with van der Waals surface area (Å²) in [5.74, 6) is 0. The van der Waals surface area contributed by atoms with Gasteiger partial charge in [-0.25, -0.2) is 18.4 Å². The topological polar surface area (TPSA) is 68.8 Å². The molecule has 8 heteroatoms. The van der Waals surface area contributed by atoms with E-state index >= 15 is 0 Å². The van der Waals surface area contributed by atoms with Crippen LogP contribution in [0.2, 0.25) is 0 Å². The van der Waals surface area contributed by atoms with Gasteiger partial charge in [0.1, 0.15) is 0 Å². The van der Waals surface area contributed by atoms with Crippen LogP contribution in [0.5, 0.6) is 0 Å². The lowest BCUT2D eigenvalue weighted by Crippen LogP contribution is -2.05. The Morgan fingerprint density at radius 3 is 2.61 bits per heavy atom. The number of halogens is 2. The van der Waals surface area contributed by atoms with Crippen molar-refractivity contribution in [3.05, 3.63) is 29.2 Å². The lowest BCUT2D eigenvalue weighted by atomic mass is 10.1. The van der Waals surface area contributed by atoms with Gasteiger partial charge < -0.3 is 5.11 Å². The molecule has 1 N–H and O–H groups in total. The van der Waals surface area contributed by atoms with Crippen LogP contribution in [-0.2, 0) is 13.6 Å². The van der Waals surface area contributed by atoms with E-state index in [0.29, 0.717) is 28.0 Å². The second-order valence-corrected chi connectivity index (χ2v) is 5.40. The van der Waals surface area contributed by atoms with Crippen molar-refractivity contribution in [2.75, 3.05) is 6.61 Å². The van der Waals surface area contributed by atoms with Crippen LogP contribution in [-0.4, -0.2) is 36.3 Å². The average molecular weight is 321 g/mol. The molecule has 0 saturated carbocycles. The van der Waals surface area contributed by atoms with Crippen molar-refractivity contribution in [1.29, 1.82) is 0 Å². The molecule has 122 valence electrons. The molecule has 0 bridgehead atoms. The summed E-state index contributed by atoms with van der Waals surface area (Å²) >= 11 is 0. The first-order valence-corrected chi connectivity index (χ1v) is 7.20. The smallest absolute Gasteiger partial charge is 0.264 e. The SMILES string of the molecule is Cc1nn(CCO)c2nc(-c3cnn(C)c3C)cc(C(F)F)c12. The molecule has 0 radical (unpaired) electrons. The van der Waals surface area contributed by atoms with Gasteiger partial charge in [-0.3, -0.25) is 4.68 Å². The molecular weight excluding hydrogens is 304 g/mol. The first-order valence-electron chi connectivity index (χ1n) is 7.20. The number of aromatic nitrogens is 5. The van der Waals surface area contributed by atoms with Gasteiger partial charge >= 0.3 is 0 Å². The molecule has 0 fully saturated rings. The molecule has 0 amide bonds. The summed E-state index contributed by atoms with van der Waals surface area (Å²) in [4.78, 5) is 4.50. The molecule has 0 aliphatic rings. The van der Waals surface area contributed by atoms with E-state index in [1.54, 1.807) is 24.9 Å². The van der Waals surface area contributed by atoms with Crippen LogP contribution in [0.4, 0.5) is 8.78 Å². The predicted octanol–water partition coefficient (Wildman–Crippen LogP) is 2.38. The number of nitrogens with zero attached hydrogens (tertiary/aromatic N) is 5. The molecule has 3 heterocycles. The average Bonchev–Trinajstić information content (AvgIpc) is 3.00. The highest BCUT2D eigenvalue weighted by molar-refractivity contribution is 5.85. The van der Waals surface area contributed by atoms with Crippen LogP contribution >= 0.6 is 0 Å². The number of pyridine rings is 1. The van der Waals surface area contributed by atoms with Crippen molar-refractivity contribution in [1.82, 2.24) is 24.5 Å². The minimum Gasteiger partial charge on any atom is -0.394 e. The molecule has 23 heavy (non-hydrogen) atoms. The Labute approximate surface area is 131 Å². The van der Waals surface area contributed by atoms with Gasteiger partial charge in [0.25, 0.3) is 6.43 Å². The molecule has 0 spiro atoms. The maximum Gasteiger partial charge on any atom is 0.264 e. The number of rotatable bonds is 4. The number of hydrogen-bond donors (Lipinski definition) is 1. The Morgan fingerprint density at radius 1 is 1.30 bits per heavy atom. The lowest BCUT2D eigenvalue weighted by Gasteiger charge is -2.08. The molecule has 0 atom stereocenters. The molecule has 0 unspecified atom stereocenters. The zero-order valence-electron chi connectivity index (χ0n) is 13.1. The molecular formula is C15H17F2N5O. The zero-order valence-corrected chi connectivity index (χ0v) is 13.1. The number of alkyl halides is 2. The molecule has 0 aliphatic heterocycles. The van der Waals surface area contributed by atoms with E-state index in [4.69, 9.17) is 5.11 Å². The molecule has 0 aliphatic carbocycles. The number of aliphatic hydroxyl groups excluding tert-OH is 1. The summed E-state index contributed by atoms with van der Waals surface area (Å²) in [6.45, 7) is 3.58. The third-order valence-electron chi connectivity index (χ3n) is 3.97. The van der Waals surface area contributed by atoms with E-state index in [0.717, 1.165) is 5.69 Å². The van der Waals surface area contributed by atoms with Crippen molar-refractivity contribution in [3.63, 3.8) is 0 Å². The lowest BCUT2D eigenvalue weighted by molar-refractivity contribution is 0.153. The molecule has 3 aromatic rings. The van der Waals surface area contributed by atoms with E-state index < -0.39 is 6.43 Å². The van der Waals surface area contributed by atoms with Gasteiger partial charge in [-0.15, -0.1) is 0 Å². The minimum atomic E-state index is -2.64. The summed E-state index contributed by atoms with van der Waals surface area (Å²) < 4.78 is 30.2. The highest BCUT2D eigenvalue weighted by Gasteiger charge is 2.22. The number of hydrogen-bond acceptors (Lipinski definition) is 4. The van der Waals surface area contributed by atoms with Crippen molar-refractivity contribution in [3.8, 4) is 11.3 Å². The van der Waals surface area contributed by atoms with Crippen molar-refractivity contribution < 1.29 is 13.9 Å². The molecule has 3 aromatic heterocycles. The minimum absolute atomic E-state index is 0.102. The van der Waals surface area contributed by atoms with Crippen molar-refractivity contribution in [2.24, 2.45) is 7.05 Å².